The van der Waals surface area contributed by atoms with Crippen molar-refractivity contribution < 1.29 is 22.3 Å². The Morgan fingerprint density at radius 2 is 1.96 bits per heavy atom. The van der Waals surface area contributed by atoms with Gasteiger partial charge < -0.3 is 20.7 Å². The minimum absolute atomic E-state index is 0.108. The fourth-order valence-corrected chi connectivity index (χ4v) is 4.21. The highest BCUT2D eigenvalue weighted by Gasteiger charge is 2.60. The molecule has 154 valence electrons. The van der Waals surface area contributed by atoms with Crippen molar-refractivity contribution >= 4 is 6.02 Å². The lowest BCUT2D eigenvalue weighted by molar-refractivity contribution is -0.102. The van der Waals surface area contributed by atoms with Crippen molar-refractivity contribution in [2.45, 2.75) is 43.9 Å². The van der Waals surface area contributed by atoms with Gasteiger partial charge in [-0.2, -0.15) is 18.2 Å². The summed E-state index contributed by atoms with van der Waals surface area (Å²) in [6.07, 6.45) is 1.92. The predicted octanol–water partition coefficient (Wildman–Crippen LogP) is 2.55. The fraction of sp³-hybridized carbons (Fsp3) is 0.632. The molecule has 4 aliphatic rings. The summed E-state index contributed by atoms with van der Waals surface area (Å²) in [7, 11) is 0. The number of amidine groups is 1. The summed E-state index contributed by atoms with van der Waals surface area (Å²) < 4.78 is 61.3. The van der Waals surface area contributed by atoms with Gasteiger partial charge >= 0.3 is 6.18 Å². The number of nitrogens with zero attached hydrogens (tertiary/aromatic N) is 1. The molecule has 28 heavy (non-hydrogen) atoms. The first-order valence-electron chi connectivity index (χ1n) is 9.40. The van der Waals surface area contributed by atoms with Crippen LogP contribution < -0.4 is 16.0 Å². The average Bonchev–Trinajstić information content (AvgIpc) is 2.51. The van der Waals surface area contributed by atoms with Crippen LogP contribution in [0.5, 0.6) is 0 Å². The Morgan fingerprint density at radius 1 is 1.21 bits per heavy atom. The van der Waals surface area contributed by atoms with Gasteiger partial charge in [0.2, 0.25) is 5.79 Å². The van der Waals surface area contributed by atoms with Crippen LogP contribution in [0.25, 0.3) is 0 Å². The smallest absolute Gasteiger partial charge is 0.412 e. The molecule has 1 aliphatic carbocycles. The molecule has 0 aromatic carbocycles. The van der Waals surface area contributed by atoms with Gasteiger partial charge in [-0.15, -0.1) is 0 Å². The van der Waals surface area contributed by atoms with Crippen LogP contribution in [0, 0.1) is 11.3 Å². The summed E-state index contributed by atoms with van der Waals surface area (Å²) in [5.74, 6) is -2.30. The summed E-state index contributed by atoms with van der Waals surface area (Å²) in [4.78, 5) is 4.13. The predicted molar refractivity (Wildman–Crippen MR) is 97.2 cm³/mol. The largest absolute Gasteiger partial charge is 0.453 e. The minimum Gasteiger partial charge on any atom is -0.453 e. The second kappa shape index (κ2) is 6.32. The number of ether oxygens (including phenoxy) is 1. The Morgan fingerprint density at radius 3 is 2.50 bits per heavy atom. The van der Waals surface area contributed by atoms with Gasteiger partial charge in [0.15, 0.2) is 0 Å². The molecule has 3 atom stereocenters. The van der Waals surface area contributed by atoms with E-state index < -0.39 is 29.2 Å². The van der Waals surface area contributed by atoms with Crippen LogP contribution in [0.15, 0.2) is 41.1 Å². The van der Waals surface area contributed by atoms with Crippen LogP contribution in [0.3, 0.4) is 0 Å². The maximum atomic E-state index is 15.6. The van der Waals surface area contributed by atoms with Gasteiger partial charge in [0.05, 0.1) is 6.04 Å². The molecule has 2 fully saturated rings. The number of hydrogen-bond acceptors (Lipinski definition) is 5. The normalized spacial score (nSPS) is 36.3. The van der Waals surface area contributed by atoms with Crippen molar-refractivity contribution in [2.75, 3.05) is 19.6 Å². The SMILES string of the molecule is CC(C)C1(OC2=NC(F)(C3NCC34CNC4)C=CN2)C=CC=C(C(F)(F)F)C1. The Hall–Kier alpha value is -1.87. The summed E-state index contributed by atoms with van der Waals surface area (Å²) in [6.45, 7) is 5.67. The molecule has 3 heterocycles. The Labute approximate surface area is 161 Å². The van der Waals surface area contributed by atoms with Gasteiger partial charge in [0.25, 0.3) is 6.02 Å². The number of aliphatic imine (C=N–C) groups is 1. The summed E-state index contributed by atoms with van der Waals surface area (Å²) in [5, 5.41) is 9.01. The zero-order valence-corrected chi connectivity index (χ0v) is 15.7. The van der Waals surface area contributed by atoms with Crippen LogP contribution in [-0.4, -0.2) is 49.3 Å². The Bertz CT molecular complexity index is 763. The van der Waals surface area contributed by atoms with Crippen molar-refractivity contribution in [1.29, 1.82) is 0 Å². The van der Waals surface area contributed by atoms with Crippen LogP contribution in [0.2, 0.25) is 0 Å². The topological polar surface area (TPSA) is 57.7 Å². The third-order valence-corrected chi connectivity index (χ3v) is 6.20. The molecule has 0 amide bonds. The molecule has 0 aromatic rings. The van der Waals surface area contributed by atoms with E-state index in [1.165, 1.54) is 18.4 Å². The first kappa shape index (κ1) is 19.4. The molecule has 2 saturated heterocycles. The average molecular weight is 400 g/mol. The van der Waals surface area contributed by atoms with Gasteiger partial charge in [0, 0.05) is 43.2 Å². The van der Waals surface area contributed by atoms with E-state index in [9.17, 15) is 13.2 Å². The van der Waals surface area contributed by atoms with Gasteiger partial charge in [0.1, 0.15) is 5.60 Å². The van der Waals surface area contributed by atoms with E-state index >= 15 is 4.39 Å². The third kappa shape index (κ3) is 3.04. The minimum atomic E-state index is -4.45. The van der Waals surface area contributed by atoms with E-state index in [4.69, 9.17) is 4.74 Å². The van der Waals surface area contributed by atoms with Crippen molar-refractivity contribution in [3.05, 3.63) is 36.1 Å². The van der Waals surface area contributed by atoms with Crippen LogP contribution in [-0.2, 0) is 4.74 Å². The quantitative estimate of drug-likeness (QED) is 0.504. The van der Waals surface area contributed by atoms with Crippen LogP contribution in [0.1, 0.15) is 20.3 Å². The standard InChI is InChI=1S/C19H24F4N4O/c1-12(2)17(5-3-4-13(8-17)19(21,22)23)28-15-25-7-6-18(20,27-15)14-16(11-26-14)9-24-10-16/h3-7,12,14,24,26H,8-11H2,1-2H3,(H,25,27). The number of rotatable bonds is 3. The van der Waals surface area contributed by atoms with Gasteiger partial charge in [-0.25, -0.2) is 4.39 Å². The maximum Gasteiger partial charge on any atom is 0.412 e. The van der Waals surface area contributed by atoms with E-state index in [2.05, 4.69) is 20.9 Å². The lowest BCUT2D eigenvalue weighted by Gasteiger charge is -2.59. The number of halogens is 4. The van der Waals surface area contributed by atoms with Crippen molar-refractivity contribution in [3.8, 4) is 0 Å². The number of nitrogens with one attached hydrogen (secondary N) is 3. The van der Waals surface area contributed by atoms with E-state index in [1.54, 1.807) is 19.9 Å². The maximum absolute atomic E-state index is 15.6. The highest BCUT2D eigenvalue weighted by Crippen LogP contribution is 2.44. The van der Waals surface area contributed by atoms with Crippen LogP contribution >= 0.6 is 0 Å². The van der Waals surface area contributed by atoms with E-state index in [1.807, 2.05) is 0 Å². The molecular formula is C19H24F4N4O. The molecule has 0 radical (unpaired) electrons. The van der Waals surface area contributed by atoms with E-state index in [-0.39, 0.29) is 23.8 Å². The molecule has 1 spiro atoms. The molecular weight excluding hydrogens is 376 g/mol. The molecule has 5 nitrogen and oxygen atoms in total. The molecule has 3 aliphatic heterocycles. The summed E-state index contributed by atoms with van der Waals surface area (Å²) in [6, 6.07) is -0.608. The van der Waals surface area contributed by atoms with Gasteiger partial charge in [-0.3, -0.25) is 0 Å². The monoisotopic (exact) mass is 400 g/mol. The highest BCUT2D eigenvalue weighted by molar-refractivity contribution is 5.77. The molecule has 0 bridgehead atoms. The molecule has 4 rings (SSSR count). The number of allylic oxidation sites excluding steroid dienone is 2. The second-order valence-electron chi connectivity index (χ2n) is 8.34. The number of alkyl halides is 4. The lowest BCUT2D eigenvalue weighted by Crippen LogP contribution is -2.80. The zero-order chi connectivity index (χ0) is 20.2. The molecule has 3 N–H and O–H groups in total. The van der Waals surface area contributed by atoms with Crippen LogP contribution in [0.4, 0.5) is 17.6 Å². The molecule has 3 unspecified atom stereocenters. The lowest BCUT2D eigenvalue weighted by atomic mass is 9.65. The van der Waals surface area contributed by atoms with E-state index in [0.717, 1.165) is 6.08 Å². The summed E-state index contributed by atoms with van der Waals surface area (Å²) in [5.41, 5.74) is -2.12. The van der Waals surface area contributed by atoms with Crippen molar-refractivity contribution in [3.63, 3.8) is 0 Å². The van der Waals surface area contributed by atoms with E-state index in [0.29, 0.717) is 19.6 Å². The highest BCUT2D eigenvalue weighted by atomic mass is 19.4. The third-order valence-electron chi connectivity index (χ3n) is 6.20. The number of hydrogen-bond donors (Lipinski definition) is 3. The molecule has 0 saturated carbocycles. The first-order chi connectivity index (χ1) is 13.1. The van der Waals surface area contributed by atoms with Crippen molar-refractivity contribution in [2.24, 2.45) is 16.3 Å². The van der Waals surface area contributed by atoms with Gasteiger partial charge in [-0.05, 0) is 18.1 Å². The first-order valence-corrected chi connectivity index (χ1v) is 9.40. The summed E-state index contributed by atoms with van der Waals surface area (Å²) >= 11 is 0. The second-order valence-corrected chi connectivity index (χ2v) is 8.34. The van der Waals surface area contributed by atoms with Crippen molar-refractivity contribution in [1.82, 2.24) is 16.0 Å². The Balaban J connectivity index is 1.57. The Kier molecular flexibility index (Phi) is 4.39. The molecule has 9 heteroatoms. The zero-order valence-electron chi connectivity index (χ0n) is 15.7. The molecule has 0 aromatic heterocycles. The van der Waals surface area contributed by atoms with Gasteiger partial charge in [-0.1, -0.05) is 26.0 Å². The fourth-order valence-electron chi connectivity index (χ4n) is 4.21.